The first-order valence-corrected chi connectivity index (χ1v) is 6.77. The van der Waals surface area contributed by atoms with Crippen LogP contribution in [0.2, 0.25) is 0 Å². The first-order chi connectivity index (χ1) is 8.88. The van der Waals surface area contributed by atoms with Crippen molar-refractivity contribution in [3.63, 3.8) is 0 Å². The molecule has 0 bridgehead atoms. The topological polar surface area (TPSA) is 12.0 Å². The van der Waals surface area contributed by atoms with Gasteiger partial charge in [0, 0.05) is 6.04 Å². The van der Waals surface area contributed by atoms with Crippen LogP contribution < -0.4 is 5.32 Å². The molecule has 2 atom stereocenters. The molecule has 0 radical (unpaired) electrons. The van der Waals surface area contributed by atoms with E-state index in [1.165, 1.54) is 23.1 Å². The second kappa shape index (κ2) is 4.95. The first kappa shape index (κ1) is 11.5. The molecule has 92 valence electrons. The lowest BCUT2D eigenvalue weighted by molar-refractivity contribution is 0.427. The van der Waals surface area contributed by atoms with Gasteiger partial charge in [0.05, 0.1) is 6.04 Å². The van der Waals surface area contributed by atoms with Crippen LogP contribution in [0.3, 0.4) is 0 Å². The van der Waals surface area contributed by atoms with Crippen LogP contribution in [0.25, 0.3) is 0 Å². The second-order valence-electron chi connectivity index (χ2n) is 5.02. The number of rotatable bonds is 2. The highest BCUT2D eigenvalue weighted by molar-refractivity contribution is 5.40. The lowest BCUT2D eigenvalue weighted by Crippen LogP contribution is -2.39. The monoisotopic (exact) mass is 237 g/mol. The minimum atomic E-state index is 0.348. The van der Waals surface area contributed by atoms with Crippen molar-refractivity contribution in [3.8, 4) is 0 Å². The largest absolute Gasteiger partial charge is 0.303 e. The van der Waals surface area contributed by atoms with Crippen molar-refractivity contribution < 1.29 is 0 Å². The molecule has 1 N–H and O–H groups in total. The molecule has 0 fully saturated rings. The Morgan fingerprint density at radius 2 is 1.72 bits per heavy atom. The Kier molecular flexibility index (Phi) is 3.16. The Balaban J connectivity index is 2.04. The molecule has 1 aliphatic heterocycles. The van der Waals surface area contributed by atoms with Gasteiger partial charge in [0.1, 0.15) is 0 Å². The molecule has 1 heterocycles. The molecule has 0 aliphatic carbocycles. The molecule has 0 unspecified atom stereocenters. The summed E-state index contributed by atoms with van der Waals surface area (Å²) in [6.45, 7) is 2.26. The quantitative estimate of drug-likeness (QED) is 0.839. The van der Waals surface area contributed by atoms with Crippen LogP contribution in [0.4, 0.5) is 0 Å². The summed E-state index contributed by atoms with van der Waals surface area (Å²) in [4.78, 5) is 0. The van der Waals surface area contributed by atoms with Gasteiger partial charge in [-0.05, 0) is 29.5 Å². The number of nitrogens with one attached hydrogen (secondary N) is 1. The number of hydrogen-bond acceptors (Lipinski definition) is 1. The molecule has 0 saturated carbocycles. The smallest absolute Gasteiger partial charge is 0.0581 e. The van der Waals surface area contributed by atoms with Crippen LogP contribution in [0.15, 0.2) is 54.6 Å². The maximum absolute atomic E-state index is 3.78. The molecular formula is C17H19N. The highest BCUT2D eigenvalue weighted by Crippen LogP contribution is 2.30. The van der Waals surface area contributed by atoms with Gasteiger partial charge < -0.3 is 5.32 Å². The zero-order valence-electron chi connectivity index (χ0n) is 10.8. The van der Waals surface area contributed by atoms with E-state index in [-0.39, 0.29) is 0 Å². The zero-order chi connectivity index (χ0) is 12.4. The van der Waals surface area contributed by atoms with Crippen LogP contribution in [0.1, 0.15) is 36.1 Å². The highest BCUT2D eigenvalue weighted by atomic mass is 15.0. The van der Waals surface area contributed by atoms with E-state index >= 15 is 0 Å². The third-order valence-corrected chi connectivity index (χ3v) is 3.86. The minimum Gasteiger partial charge on any atom is -0.303 e. The number of benzene rings is 2. The van der Waals surface area contributed by atoms with E-state index in [0.717, 1.165) is 6.42 Å². The minimum absolute atomic E-state index is 0.348. The molecule has 0 spiro atoms. The third-order valence-electron chi connectivity index (χ3n) is 3.86. The number of fused-ring (bicyclic) bond motifs is 1. The SMILES string of the molecule is CC[C@@H]1Cc2ccccc2[C@H](c2ccccc2)N1. The molecule has 0 amide bonds. The average Bonchev–Trinajstić information content (AvgIpc) is 2.47. The maximum Gasteiger partial charge on any atom is 0.0581 e. The second-order valence-corrected chi connectivity index (χ2v) is 5.02. The summed E-state index contributed by atoms with van der Waals surface area (Å²) in [5, 5.41) is 3.78. The first-order valence-electron chi connectivity index (χ1n) is 6.77. The predicted octanol–water partition coefficient (Wildman–Crippen LogP) is 3.70. The van der Waals surface area contributed by atoms with Crippen LogP contribution in [-0.2, 0) is 6.42 Å². The summed E-state index contributed by atoms with van der Waals surface area (Å²) < 4.78 is 0. The number of hydrogen-bond donors (Lipinski definition) is 1. The van der Waals surface area contributed by atoms with Gasteiger partial charge in [-0.3, -0.25) is 0 Å². The lowest BCUT2D eigenvalue weighted by atomic mass is 9.86. The predicted molar refractivity (Wildman–Crippen MR) is 75.6 cm³/mol. The van der Waals surface area contributed by atoms with E-state index in [1.54, 1.807) is 0 Å². The Bertz CT molecular complexity index is 518. The summed E-state index contributed by atoms with van der Waals surface area (Å²) in [5.41, 5.74) is 4.30. The van der Waals surface area contributed by atoms with Gasteiger partial charge in [0.2, 0.25) is 0 Å². The van der Waals surface area contributed by atoms with E-state index in [1.807, 2.05) is 0 Å². The van der Waals surface area contributed by atoms with Gasteiger partial charge in [0.25, 0.3) is 0 Å². The molecule has 2 aromatic rings. The molecule has 0 saturated heterocycles. The van der Waals surface area contributed by atoms with E-state index in [9.17, 15) is 0 Å². The summed E-state index contributed by atoms with van der Waals surface area (Å²) in [6.07, 6.45) is 2.33. The fourth-order valence-electron chi connectivity index (χ4n) is 2.84. The zero-order valence-corrected chi connectivity index (χ0v) is 10.8. The van der Waals surface area contributed by atoms with Crippen LogP contribution >= 0.6 is 0 Å². The van der Waals surface area contributed by atoms with Gasteiger partial charge in [-0.2, -0.15) is 0 Å². The van der Waals surface area contributed by atoms with Crippen molar-refractivity contribution in [1.82, 2.24) is 5.32 Å². The van der Waals surface area contributed by atoms with Crippen LogP contribution in [0, 0.1) is 0 Å². The molecule has 0 aromatic heterocycles. The van der Waals surface area contributed by atoms with Crippen molar-refractivity contribution in [1.29, 1.82) is 0 Å². The summed E-state index contributed by atoms with van der Waals surface area (Å²) in [7, 11) is 0. The fourth-order valence-corrected chi connectivity index (χ4v) is 2.84. The van der Waals surface area contributed by atoms with Crippen LogP contribution in [0.5, 0.6) is 0 Å². The van der Waals surface area contributed by atoms with Crippen LogP contribution in [-0.4, -0.2) is 6.04 Å². The van der Waals surface area contributed by atoms with E-state index in [2.05, 4.69) is 66.8 Å². The summed E-state index contributed by atoms with van der Waals surface area (Å²) in [6, 6.07) is 20.5. The Labute approximate surface area is 109 Å². The van der Waals surface area contributed by atoms with Gasteiger partial charge in [-0.15, -0.1) is 0 Å². The van der Waals surface area contributed by atoms with E-state index in [0.29, 0.717) is 12.1 Å². The van der Waals surface area contributed by atoms with Gasteiger partial charge in [-0.1, -0.05) is 61.5 Å². The lowest BCUT2D eigenvalue weighted by Gasteiger charge is -2.33. The molecule has 1 heteroatoms. The molecular weight excluding hydrogens is 218 g/mol. The fraction of sp³-hybridized carbons (Fsp3) is 0.294. The molecule has 18 heavy (non-hydrogen) atoms. The Morgan fingerprint density at radius 3 is 2.50 bits per heavy atom. The molecule has 1 aliphatic rings. The van der Waals surface area contributed by atoms with E-state index in [4.69, 9.17) is 0 Å². The average molecular weight is 237 g/mol. The Morgan fingerprint density at radius 1 is 1.00 bits per heavy atom. The standard InChI is InChI=1S/C17H19N/c1-2-15-12-14-10-6-7-11-16(14)17(18-15)13-8-4-3-5-9-13/h3-11,15,17-18H,2,12H2,1H3/t15-,17+/m1/s1. The Hall–Kier alpha value is -1.60. The maximum atomic E-state index is 3.78. The van der Waals surface area contributed by atoms with Gasteiger partial charge in [0.15, 0.2) is 0 Å². The summed E-state index contributed by atoms with van der Waals surface area (Å²) in [5.74, 6) is 0. The molecule has 2 aromatic carbocycles. The van der Waals surface area contributed by atoms with Crippen molar-refractivity contribution in [2.75, 3.05) is 0 Å². The van der Waals surface area contributed by atoms with Gasteiger partial charge >= 0.3 is 0 Å². The molecule has 1 nitrogen and oxygen atoms in total. The van der Waals surface area contributed by atoms with E-state index < -0.39 is 0 Å². The van der Waals surface area contributed by atoms with Crippen molar-refractivity contribution in [3.05, 3.63) is 71.3 Å². The van der Waals surface area contributed by atoms with Crippen molar-refractivity contribution in [2.24, 2.45) is 0 Å². The summed E-state index contributed by atoms with van der Waals surface area (Å²) >= 11 is 0. The van der Waals surface area contributed by atoms with Gasteiger partial charge in [-0.25, -0.2) is 0 Å². The third kappa shape index (κ3) is 2.06. The van der Waals surface area contributed by atoms with Crippen molar-refractivity contribution >= 4 is 0 Å². The van der Waals surface area contributed by atoms with Crippen molar-refractivity contribution in [2.45, 2.75) is 31.8 Å². The molecule has 3 rings (SSSR count). The highest BCUT2D eigenvalue weighted by Gasteiger charge is 2.25. The normalized spacial score (nSPS) is 22.5.